The van der Waals surface area contributed by atoms with Gasteiger partial charge in [0.15, 0.2) is 11.5 Å². The zero-order chi connectivity index (χ0) is 19.4. The standard InChI is InChI=1S/C19H21N3O5/c1-5-26-19(23)17-20-8-9-22(17)11-14-12(2)27-18(21-14)13-6-7-15(24-3)16(10-13)25-4/h6-10H,5,11H2,1-4H3. The molecule has 2 aromatic heterocycles. The molecule has 0 saturated carbocycles. The van der Waals surface area contributed by atoms with Crippen LogP contribution in [0.1, 0.15) is 29.0 Å². The molecule has 27 heavy (non-hydrogen) atoms. The van der Waals surface area contributed by atoms with Crippen molar-refractivity contribution in [1.29, 1.82) is 0 Å². The lowest BCUT2D eigenvalue weighted by Gasteiger charge is -2.07. The Morgan fingerprint density at radius 2 is 2.00 bits per heavy atom. The van der Waals surface area contributed by atoms with Crippen LogP contribution in [0.15, 0.2) is 35.0 Å². The van der Waals surface area contributed by atoms with Gasteiger partial charge in [0.1, 0.15) is 11.5 Å². The van der Waals surface area contributed by atoms with Crippen molar-refractivity contribution >= 4 is 5.97 Å². The van der Waals surface area contributed by atoms with Crippen molar-refractivity contribution in [3.05, 3.63) is 47.9 Å². The molecule has 0 atom stereocenters. The van der Waals surface area contributed by atoms with Gasteiger partial charge in [-0.2, -0.15) is 0 Å². The van der Waals surface area contributed by atoms with E-state index in [0.29, 0.717) is 35.4 Å². The Morgan fingerprint density at radius 3 is 2.70 bits per heavy atom. The molecule has 0 radical (unpaired) electrons. The van der Waals surface area contributed by atoms with E-state index < -0.39 is 5.97 Å². The predicted molar refractivity (Wildman–Crippen MR) is 97.1 cm³/mol. The summed E-state index contributed by atoms with van der Waals surface area (Å²) in [5.41, 5.74) is 1.46. The molecule has 0 saturated heterocycles. The van der Waals surface area contributed by atoms with Crippen LogP contribution in [0.2, 0.25) is 0 Å². The maximum absolute atomic E-state index is 12.0. The fourth-order valence-corrected chi connectivity index (χ4v) is 2.65. The number of hydrogen-bond donors (Lipinski definition) is 0. The number of rotatable bonds is 7. The molecule has 0 unspecified atom stereocenters. The fraction of sp³-hybridized carbons (Fsp3) is 0.316. The molecule has 0 fully saturated rings. The van der Waals surface area contributed by atoms with Crippen molar-refractivity contribution in [1.82, 2.24) is 14.5 Å². The van der Waals surface area contributed by atoms with E-state index in [1.54, 1.807) is 50.2 Å². The first-order chi connectivity index (χ1) is 13.1. The van der Waals surface area contributed by atoms with Gasteiger partial charge in [0.25, 0.3) is 0 Å². The van der Waals surface area contributed by atoms with Gasteiger partial charge < -0.3 is 23.2 Å². The largest absolute Gasteiger partial charge is 0.493 e. The minimum absolute atomic E-state index is 0.229. The van der Waals surface area contributed by atoms with E-state index in [1.807, 2.05) is 13.0 Å². The molecule has 0 aliphatic rings. The maximum atomic E-state index is 12.0. The highest BCUT2D eigenvalue weighted by Gasteiger charge is 2.18. The van der Waals surface area contributed by atoms with Gasteiger partial charge in [0, 0.05) is 18.0 Å². The van der Waals surface area contributed by atoms with Gasteiger partial charge in [-0.25, -0.2) is 14.8 Å². The third-order valence-corrected chi connectivity index (χ3v) is 4.02. The lowest BCUT2D eigenvalue weighted by atomic mass is 10.2. The van der Waals surface area contributed by atoms with Crippen molar-refractivity contribution in [2.75, 3.05) is 20.8 Å². The summed E-state index contributed by atoms with van der Waals surface area (Å²) in [6.45, 7) is 4.21. The number of esters is 1. The van der Waals surface area contributed by atoms with Crippen LogP contribution in [0.5, 0.6) is 11.5 Å². The lowest BCUT2D eigenvalue weighted by molar-refractivity contribution is 0.0507. The highest BCUT2D eigenvalue weighted by molar-refractivity contribution is 5.85. The Bertz CT molecular complexity index is 945. The number of aromatic nitrogens is 3. The van der Waals surface area contributed by atoms with Gasteiger partial charge in [-0.05, 0) is 32.0 Å². The average Bonchev–Trinajstić information content (AvgIpc) is 3.28. The number of oxazole rings is 1. The van der Waals surface area contributed by atoms with E-state index in [2.05, 4.69) is 9.97 Å². The molecule has 142 valence electrons. The normalized spacial score (nSPS) is 10.7. The van der Waals surface area contributed by atoms with Gasteiger partial charge in [0.2, 0.25) is 11.7 Å². The number of ether oxygens (including phenoxy) is 3. The molecule has 0 aliphatic carbocycles. The van der Waals surface area contributed by atoms with E-state index in [4.69, 9.17) is 18.6 Å². The number of imidazole rings is 1. The number of carbonyl (C=O) groups excluding carboxylic acids is 1. The second-order valence-electron chi connectivity index (χ2n) is 5.69. The smallest absolute Gasteiger partial charge is 0.374 e. The summed E-state index contributed by atoms with van der Waals surface area (Å²) in [7, 11) is 3.15. The van der Waals surface area contributed by atoms with Crippen LogP contribution >= 0.6 is 0 Å². The number of hydrogen-bond acceptors (Lipinski definition) is 7. The van der Waals surface area contributed by atoms with Crippen LogP contribution in [-0.4, -0.2) is 41.3 Å². The number of aryl methyl sites for hydroxylation is 1. The Hall–Kier alpha value is -3.29. The van der Waals surface area contributed by atoms with Crippen LogP contribution in [0, 0.1) is 6.92 Å². The third-order valence-electron chi connectivity index (χ3n) is 4.02. The molecule has 8 heteroatoms. The van der Waals surface area contributed by atoms with Crippen molar-refractivity contribution in [3.63, 3.8) is 0 Å². The van der Waals surface area contributed by atoms with Gasteiger partial charge >= 0.3 is 5.97 Å². The van der Waals surface area contributed by atoms with E-state index in [1.165, 1.54) is 0 Å². The molecule has 8 nitrogen and oxygen atoms in total. The fourth-order valence-electron chi connectivity index (χ4n) is 2.65. The van der Waals surface area contributed by atoms with E-state index in [9.17, 15) is 4.79 Å². The van der Waals surface area contributed by atoms with E-state index in [0.717, 1.165) is 5.56 Å². The molecule has 3 rings (SSSR count). The summed E-state index contributed by atoms with van der Waals surface area (Å²) in [5.74, 6) is 2.09. The number of benzene rings is 1. The van der Waals surface area contributed by atoms with Crippen LogP contribution in [-0.2, 0) is 11.3 Å². The number of nitrogens with zero attached hydrogens (tertiary/aromatic N) is 3. The first-order valence-electron chi connectivity index (χ1n) is 8.44. The van der Waals surface area contributed by atoms with Gasteiger partial charge in [-0.15, -0.1) is 0 Å². The Labute approximate surface area is 156 Å². The monoisotopic (exact) mass is 371 g/mol. The topological polar surface area (TPSA) is 88.6 Å². The number of methoxy groups -OCH3 is 2. The van der Waals surface area contributed by atoms with Crippen LogP contribution in [0.3, 0.4) is 0 Å². The highest BCUT2D eigenvalue weighted by atomic mass is 16.5. The summed E-state index contributed by atoms with van der Waals surface area (Å²) in [4.78, 5) is 20.6. The van der Waals surface area contributed by atoms with Gasteiger partial charge in [-0.1, -0.05) is 0 Å². The second kappa shape index (κ2) is 7.94. The summed E-state index contributed by atoms with van der Waals surface area (Å²) < 4.78 is 23.1. The molecule has 2 heterocycles. The van der Waals surface area contributed by atoms with E-state index >= 15 is 0 Å². The van der Waals surface area contributed by atoms with Crippen molar-refractivity contribution < 1.29 is 23.4 Å². The van der Waals surface area contributed by atoms with Crippen molar-refractivity contribution in [2.45, 2.75) is 20.4 Å². The first kappa shape index (κ1) is 18.5. The minimum Gasteiger partial charge on any atom is -0.493 e. The van der Waals surface area contributed by atoms with Crippen LogP contribution in [0.4, 0.5) is 0 Å². The first-order valence-corrected chi connectivity index (χ1v) is 8.44. The Kier molecular flexibility index (Phi) is 5.44. The Morgan fingerprint density at radius 1 is 1.22 bits per heavy atom. The zero-order valence-electron chi connectivity index (χ0n) is 15.7. The molecular formula is C19H21N3O5. The highest BCUT2D eigenvalue weighted by Crippen LogP contribution is 2.32. The van der Waals surface area contributed by atoms with Gasteiger partial charge in [0.05, 0.1) is 27.4 Å². The summed E-state index contributed by atoms with van der Waals surface area (Å²) >= 11 is 0. The molecule has 3 aromatic rings. The second-order valence-corrected chi connectivity index (χ2v) is 5.69. The lowest BCUT2D eigenvalue weighted by Crippen LogP contribution is -2.14. The number of carbonyl (C=O) groups is 1. The van der Waals surface area contributed by atoms with Crippen molar-refractivity contribution in [2.24, 2.45) is 0 Å². The molecule has 0 bridgehead atoms. The van der Waals surface area contributed by atoms with Crippen LogP contribution in [0.25, 0.3) is 11.5 Å². The summed E-state index contributed by atoms with van der Waals surface area (Å²) in [6, 6.07) is 5.44. The quantitative estimate of drug-likeness (QED) is 0.590. The SMILES string of the molecule is CCOC(=O)c1nccn1Cc1nc(-c2ccc(OC)c(OC)c2)oc1C. The van der Waals surface area contributed by atoms with Gasteiger partial charge in [-0.3, -0.25) is 0 Å². The molecule has 0 amide bonds. The van der Waals surface area contributed by atoms with Crippen LogP contribution < -0.4 is 9.47 Å². The summed E-state index contributed by atoms with van der Waals surface area (Å²) in [6.07, 6.45) is 3.26. The third kappa shape index (κ3) is 3.79. The predicted octanol–water partition coefficient (Wildman–Crippen LogP) is 3.09. The molecule has 0 N–H and O–H groups in total. The zero-order valence-corrected chi connectivity index (χ0v) is 15.7. The molecule has 1 aromatic carbocycles. The minimum atomic E-state index is -0.469. The molecule has 0 aliphatic heterocycles. The average molecular weight is 371 g/mol. The summed E-state index contributed by atoms with van der Waals surface area (Å²) in [5, 5.41) is 0. The molecule has 0 spiro atoms. The van der Waals surface area contributed by atoms with E-state index in [-0.39, 0.29) is 12.4 Å². The molecular weight excluding hydrogens is 350 g/mol. The van der Waals surface area contributed by atoms with Crippen molar-refractivity contribution in [3.8, 4) is 23.0 Å². The maximum Gasteiger partial charge on any atom is 0.374 e. The Balaban J connectivity index is 1.88.